The maximum Gasteiger partial charge on any atom is 0.333 e. The van der Waals surface area contributed by atoms with Gasteiger partial charge in [-0.05, 0) is 123 Å². The van der Waals surface area contributed by atoms with Gasteiger partial charge in [-0.25, -0.2) is 4.79 Å². The first kappa shape index (κ1) is 40.9. The van der Waals surface area contributed by atoms with E-state index in [1.807, 2.05) is 13.0 Å². The van der Waals surface area contributed by atoms with Crippen molar-refractivity contribution in [1.82, 2.24) is 16.0 Å². The lowest BCUT2D eigenvalue weighted by Gasteiger charge is -2.52. The number of nitrogens with one attached hydrogen (secondary N) is 3. The second-order valence-electron chi connectivity index (χ2n) is 17.6. The fraction of sp³-hybridized carbons (Fsp3) is 0.458. The SMILES string of the molecule is C/C=C(/C)C(=O)O[C@@H]1Cc2c3c(c4oc(CO)cc(=O)c4c2O)[C@H]2C4=CCNC(N)=C4[C@@H](CCc4ccc(O)cc4[C@H]2CO)[C@H]2CCC4=CC(NCC)NC=C4C[C@@H]2[C@]1(C)O3. The highest BCUT2D eigenvalue weighted by molar-refractivity contribution is 5.92. The number of phenols is 2. The summed E-state index contributed by atoms with van der Waals surface area (Å²) in [6.07, 6.45) is 10.6. The Bertz CT molecular complexity index is 2530. The van der Waals surface area contributed by atoms with Gasteiger partial charge in [0.05, 0.1) is 12.8 Å². The standard InChI is InChI=1S/C48H56N4O9/c1-5-23(3)47(58)60-37-19-33-43(57)41-36(56)18-28(21-53)59-45(41)42-39-31-13-14-51-46(49)40(31)30(12-8-24-7-10-27(55)17-32(24)34(39)22-54)29-11-9-25-16-38(50-6-2)52-20-26(25)15-35(29)48(37,4)61-44(33)42/h5,7,10,13,16-18,20,29-30,34-35,37-39,50-55,57H,6,8-9,11-12,14-15,19,21-22,49H2,1-4H3/b23-5-/t29-,30+,34-,35+,37-,38?,39+,48+/m1/s1. The predicted octanol–water partition coefficient (Wildman–Crippen LogP) is 5.17. The van der Waals surface area contributed by atoms with Crippen molar-refractivity contribution < 1.29 is 39.1 Å². The van der Waals surface area contributed by atoms with Crippen molar-refractivity contribution in [2.45, 2.75) is 103 Å². The van der Waals surface area contributed by atoms with Gasteiger partial charge in [-0.15, -0.1) is 0 Å². The van der Waals surface area contributed by atoms with E-state index in [0.29, 0.717) is 42.8 Å². The maximum absolute atomic E-state index is 14.2. The number of fused-ring (bicyclic) bond motifs is 9. The number of rotatable bonds is 6. The Hall–Kier alpha value is -5.50. The molecular weight excluding hydrogens is 777 g/mol. The first-order chi connectivity index (χ1) is 29.4. The number of carbonyl (C=O) groups is 1. The van der Waals surface area contributed by atoms with Crippen LogP contribution in [0.2, 0.25) is 0 Å². The van der Waals surface area contributed by atoms with Gasteiger partial charge in [0.15, 0.2) is 5.43 Å². The van der Waals surface area contributed by atoms with Gasteiger partial charge >= 0.3 is 5.97 Å². The van der Waals surface area contributed by atoms with Gasteiger partial charge in [0.1, 0.15) is 58.1 Å². The summed E-state index contributed by atoms with van der Waals surface area (Å²) in [5.74, 6) is -2.19. The maximum atomic E-state index is 14.2. The molecule has 9 rings (SSSR count). The molecular formula is C48H56N4O9. The Kier molecular flexibility index (Phi) is 10.6. The lowest BCUT2D eigenvalue weighted by Crippen LogP contribution is -2.59. The minimum Gasteiger partial charge on any atom is -0.508 e. The third-order valence-electron chi connectivity index (χ3n) is 14.5. The smallest absolute Gasteiger partial charge is 0.333 e. The number of nitrogens with two attached hydrogens (primary N) is 1. The average Bonchev–Trinajstić information content (AvgIpc) is 3.41. The number of ether oxygens (including phenoxy) is 2. The van der Waals surface area contributed by atoms with Crippen LogP contribution in [0.1, 0.15) is 93.2 Å². The fourth-order valence-corrected chi connectivity index (χ4v) is 11.4. The van der Waals surface area contributed by atoms with Crippen LogP contribution in [0.3, 0.4) is 0 Å². The first-order valence-electron chi connectivity index (χ1n) is 21.6. The molecule has 13 heteroatoms. The van der Waals surface area contributed by atoms with Crippen LogP contribution in [0.4, 0.5) is 0 Å². The number of likely N-dealkylation sites (N-methyl/N-ethyl adjacent to an activating group) is 1. The van der Waals surface area contributed by atoms with Crippen molar-refractivity contribution in [2.75, 3.05) is 19.7 Å². The molecule has 0 saturated heterocycles. The normalized spacial score (nSPS) is 29.2. The fourth-order valence-electron chi connectivity index (χ4n) is 11.4. The summed E-state index contributed by atoms with van der Waals surface area (Å²) in [4.78, 5) is 28.1. The molecule has 2 aliphatic carbocycles. The zero-order chi connectivity index (χ0) is 42.9. The van der Waals surface area contributed by atoms with Crippen molar-refractivity contribution in [1.29, 1.82) is 0 Å². The van der Waals surface area contributed by atoms with Gasteiger partial charge in [0.25, 0.3) is 0 Å². The first-order valence-corrected chi connectivity index (χ1v) is 21.6. The van der Waals surface area contributed by atoms with E-state index in [9.17, 15) is 30.0 Å². The second-order valence-corrected chi connectivity index (χ2v) is 17.6. The number of dihydropyridines is 2. The van der Waals surface area contributed by atoms with Crippen molar-refractivity contribution in [2.24, 2.45) is 23.5 Å². The van der Waals surface area contributed by atoms with E-state index in [2.05, 4.69) is 41.2 Å². The van der Waals surface area contributed by atoms with Crippen LogP contribution in [-0.4, -0.2) is 64.0 Å². The molecule has 0 radical (unpaired) electrons. The quantitative estimate of drug-likeness (QED) is 0.119. The van der Waals surface area contributed by atoms with Crippen molar-refractivity contribution in [3.8, 4) is 17.2 Å². The van der Waals surface area contributed by atoms with Crippen molar-refractivity contribution in [3.63, 3.8) is 0 Å². The summed E-state index contributed by atoms with van der Waals surface area (Å²) < 4.78 is 20.6. The minimum absolute atomic E-state index is 0.0118. The van der Waals surface area contributed by atoms with Crippen LogP contribution >= 0.6 is 0 Å². The van der Waals surface area contributed by atoms with Crippen molar-refractivity contribution in [3.05, 3.63) is 121 Å². The average molecular weight is 833 g/mol. The summed E-state index contributed by atoms with van der Waals surface area (Å²) in [5, 5.41) is 55.9. The van der Waals surface area contributed by atoms with Crippen LogP contribution < -0.4 is 31.8 Å². The molecule has 3 aromatic rings. The molecule has 61 heavy (non-hydrogen) atoms. The highest BCUT2D eigenvalue weighted by atomic mass is 16.6. The van der Waals surface area contributed by atoms with E-state index in [0.717, 1.165) is 47.2 Å². The molecule has 0 amide bonds. The molecule has 322 valence electrons. The lowest BCUT2D eigenvalue weighted by molar-refractivity contribution is -0.169. The Morgan fingerprint density at radius 1 is 1.13 bits per heavy atom. The number of phenolic OH excluding ortho intramolecular Hbond substituents is 2. The van der Waals surface area contributed by atoms with E-state index < -0.39 is 41.5 Å². The molecule has 4 aliphatic heterocycles. The van der Waals surface area contributed by atoms with Gasteiger partial charge in [0.2, 0.25) is 0 Å². The number of aromatic hydroxyl groups is 2. The molecule has 5 heterocycles. The van der Waals surface area contributed by atoms with Gasteiger partial charge in [-0.2, -0.15) is 0 Å². The number of hydrogen-bond acceptors (Lipinski definition) is 13. The Labute approximate surface area is 354 Å². The Morgan fingerprint density at radius 2 is 1.95 bits per heavy atom. The van der Waals surface area contributed by atoms with E-state index in [1.54, 1.807) is 32.1 Å². The number of carbonyl (C=O) groups excluding carboxylic acids is 1. The van der Waals surface area contributed by atoms with E-state index in [-0.39, 0.29) is 76.5 Å². The third kappa shape index (κ3) is 6.63. The zero-order valence-corrected chi connectivity index (χ0v) is 35.1. The highest BCUT2D eigenvalue weighted by Gasteiger charge is 2.57. The molecule has 1 aromatic heterocycles. The molecule has 6 aliphatic rings. The third-order valence-corrected chi connectivity index (χ3v) is 14.5. The van der Waals surface area contributed by atoms with Crippen LogP contribution in [0.5, 0.6) is 17.2 Å². The molecule has 0 spiro atoms. The van der Waals surface area contributed by atoms with E-state index in [1.165, 1.54) is 11.6 Å². The number of esters is 1. The minimum atomic E-state index is -1.24. The van der Waals surface area contributed by atoms with Gasteiger partial charge in [-0.1, -0.05) is 25.1 Å². The molecule has 2 aromatic carbocycles. The molecule has 13 nitrogen and oxygen atoms in total. The molecule has 1 saturated carbocycles. The number of allylic oxidation sites excluding steroid dienone is 5. The molecule has 4 bridgehead atoms. The van der Waals surface area contributed by atoms with E-state index in [4.69, 9.17) is 19.6 Å². The number of aliphatic hydroxyl groups is 2. The Balaban J connectivity index is 1.43. The zero-order valence-electron chi connectivity index (χ0n) is 35.1. The summed E-state index contributed by atoms with van der Waals surface area (Å²) in [5.41, 5.74) is 12.3. The highest BCUT2D eigenvalue weighted by Crippen LogP contribution is 2.61. The summed E-state index contributed by atoms with van der Waals surface area (Å²) in [7, 11) is 0. The van der Waals surface area contributed by atoms with Crippen LogP contribution in [0, 0.1) is 17.8 Å². The van der Waals surface area contributed by atoms with Crippen molar-refractivity contribution >= 4 is 16.9 Å². The molecule has 8 atom stereocenters. The number of hydrogen-bond donors (Lipinski definition) is 8. The summed E-state index contributed by atoms with van der Waals surface area (Å²) >= 11 is 0. The monoisotopic (exact) mass is 832 g/mol. The topological polar surface area (TPSA) is 209 Å². The summed E-state index contributed by atoms with van der Waals surface area (Å²) in [6.45, 7) is 7.77. The van der Waals surface area contributed by atoms with Gasteiger partial charge in [0, 0.05) is 59.7 Å². The molecule has 1 fully saturated rings. The number of aryl methyl sites for hydroxylation is 1. The van der Waals surface area contributed by atoms with Crippen LogP contribution in [-0.2, 0) is 29.0 Å². The largest absolute Gasteiger partial charge is 0.508 e. The number of benzene rings is 2. The van der Waals surface area contributed by atoms with E-state index >= 15 is 0 Å². The summed E-state index contributed by atoms with van der Waals surface area (Å²) in [6, 6.07) is 6.47. The molecule has 9 N–H and O–H groups in total. The van der Waals surface area contributed by atoms with Crippen LogP contribution in [0.25, 0.3) is 11.0 Å². The molecule has 1 unspecified atom stereocenters. The predicted molar refractivity (Wildman–Crippen MR) is 230 cm³/mol. The van der Waals surface area contributed by atoms with Gasteiger partial charge in [-0.3, -0.25) is 10.1 Å². The van der Waals surface area contributed by atoms with Crippen LogP contribution in [0.15, 0.2) is 91.6 Å². The van der Waals surface area contributed by atoms with Gasteiger partial charge < -0.3 is 50.7 Å². The lowest BCUT2D eigenvalue weighted by atomic mass is 9.61. The Morgan fingerprint density at radius 3 is 2.70 bits per heavy atom. The second kappa shape index (κ2) is 15.8. The number of aliphatic hydroxyl groups excluding tert-OH is 2.